The van der Waals surface area contributed by atoms with Crippen molar-refractivity contribution >= 4 is 0 Å². The molecule has 1 saturated heterocycles. The molecule has 1 N–H and O–H groups in total. The van der Waals surface area contributed by atoms with Crippen molar-refractivity contribution in [1.82, 2.24) is 4.90 Å². The summed E-state index contributed by atoms with van der Waals surface area (Å²) in [7, 11) is 0. The van der Waals surface area contributed by atoms with E-state index < -0.39 is 0 Å². The molecule has 0 aliphatic carbocycles. The molecule has 2 nitrogen and oxygen atoms in total. The highest BCUT2D eigenvalue weighted by Gasteiger charge is 2.23. The van der Waals surface area contributed by atoms with Crippen LogP contribution >= 0.6 is 0 Å². The van der Waals surface area contributed by atoms with Crippen molar-refractivity contribution in [2.45, 2.75) is 32.3 Å². The summed E-state index contributed by atoms with van der Waals surface area (Å²) in [6, 6.07) is 0. The first-order chi connectivity index (χ1) is 6.24. The molecule has 0 radical (unpaired) electrons. The minimum Gasteiger partial charge on any atom is -0.393 e. The number of aliphatic hydroxyl groups is 1. The number of unbranched alkanes of at least 4 members (excludes halogenated alkanes) is 1. The van der Waals surface area contributed by atoms with Crippen molar-refractivity contribution < 1.29 is 5.11 Å². The van der Waals surface area contributed by atoms with Crippen LogP contribution in [0.2, 0.25) is 0 Å². The van der Waals surface area contributed by atoms with Crippen LogP contribution in [0.15, 0.2) is 12.7 Å². The SMILES string of the molecule is C=CCCCN1CCC(O)C(C)C1. The Hall–Kier alpha value is -0.340. The van der Waals surface area contributed by atoms with E-state index in [1.807, 2.05) is 6.08 Å². The van der Waals surface area contributed by atoms with Crippen molar-refractivity contribution in [3.63, 3.8) is 0 Å². The van der Waals surface area contributed by atoms with Crippen LogP contribution in [0.25, 0.3) is 0 Å². The highest BCUT2D eigenvalue weighted by molar-refractivity contribution is 4.77. The average molecular weight is 183 g/mol. The predicted octanol–water partition coefficient (Wildman–Crippen LogP) is 1.66. The number of allylic oxidation sites excluding steroid dienone is 1. The Morgan fingerprint density at radius 1 is 1.62 bits per heavy atom. The van der Waals surface area contributed by atoms with Crippen LogP contribution < -0.4 is 0 Å². The van der Waals surface area contributed by atoms with Crippen molar-refractivity contribution in [3.8, 4) is 0 Å². The first-order valence-electron chi connectivity index (χ1n) is 5.25. The maximum absolute atomic E-state index is 9.52. The summed E-state index contributed by atoms with van der Waals surface area (Å²) in [4.78, 5) is 2.45. The molecule has 1 heterocycles. The fourth-order valence-electron chi connectivity index (χ4n) is 1.88. The third-order valence-corrected chi connectivity index (χ3v) is 2.83. The lowest BCUT2D eigenvalue weighted by Crippen LogP contribution is -2.42. The number of piperidine rings is 1. The minimum absolute atomic E-state index is 0.0735. The maximum Gasteiger partial charge on any atom is 0.0590 e. The molecule has 0 aromatic carbocycles. The number of nitrogens with zero attached hydrogens (tertiary/aromatic N) is 1. The van der Waals surface area contributed by atoms with E-state index >= 15 is 0 Å². The lowest BCUT2D eigenvalue weighted by atomic mass is 9.96. The molecule has 1 aliphatic heterocycles. The van der Waals surface area contributed by atoms with Crippen LogP contribution in [-0.2, 0) is 0 Å². The summed E-state index contributed by atoms with van der Waals surface area (Å²) >= 11 is 0. The molecule has 0 aromatic heterocycles. The molecule has 2 unspecified atom stereocenters. The largest absolute Gasteiger partial charge is 0.393 e. The number of rotatable bonds is 4. The van der Waals surface area contributed by atoms with Gasteiger partial charge in [0.25, 0.3) is 0 Å². The van der Waals surface area contributed by atoms with Gasteiger partial charge in [-0.2, -0.15) is 0 Å². The van der Waals surface area contributed by atoms with Crippen LogP contribution in [0, 0.1) is 5.92 Å². The fourth-order valence-corrected chi connectivity index (χ4v) is 1.88. The zero-order valence-electron chi connectivity index (χ0n) is 8.58. The molecule has 0 amide bonds. The Balaban J connectivity index is 2.17. The Bertz CT molecular complexity index is 158. The summed E-state index contributed by atoms with van der Waals surface area (Å²) in [5, 5.41) is 9.52. The zero-order valence-corrected chi connectivity index (χ0v) is 8.58. The molecule has 13 heavy (non-hydrogen) atoms. The van der Waals surface area contributed by atoms with E-state index in [-0.39, 0.29) is 6.10 Å². The van der Waals surface area contributed by atoms with Crippen LogP contribution in [-0.4, -0.2) is 35.7 Å². The second kappa shape index (κ2) is 5.40. The van der Waals surface area contributed by atoms with Crippen LogP contribution in [0.3, 0.4) is 0 Å². The Labute approximate surface area is 81.2 Å². The summed E-state index contributed by atoms with van der Waals surface area (Å²) in [6.07, 6.45) is 5.15. The highest BCUT2D eigenvalue weighted by atomic mass is 16.3. The van der Waals surface area contributed by atoms with Gasteiger partial charge >= 0.3 is 0 Å². The minimum atomic E-state index is -0.0735. The molecule has 2 atom stereocenters. The molecular formula is C11H21NO. The standard InChI is InChI=1S/C11H21NO/c1-3-4-5-7-12-8-6-11(13)10(2)9-12/h3,10-11,13H,1,4-9H2,2H3. The first-order valence-corrected chi connectivity index (χ1v) is 5.25. The smallest absolute Gasteiger partial charge is 0.0590 e. The van der Waals surface area contributed by atoms with Gasteiger partial charge in [-0.15, -0.1) is 6.58 Å². The van der Waals surface area contributed by atoms with Gasteiger partial charge in [-0.1, -0.05) is 13.0 Å². The molecular weight excluding hydrogens is 162 g/mol. The number of hydrogen-bond acceptors (Lipinski definition) is 2. The lowest BCUT2D eigenvalue weighted by molar-refractivity contribution is 0.0348. The zero-order chi connectivity index (χ0) is 9.68. The number of aliphatic hydroxyl groups excluding tert-OH is 1. The highest BCUT2D eigenvalue weighted by Crippen LogP contribution is 2.16. The van der Waals surface area contributed by atoms with Crippen molar-refractivity contribution in [2.24, 2.45) is 5.92 Å². The van der Waals surface area contributed by atoms with Gasteiger partial charge in [0.15, 0.2) is 0 Å². The number of hydrogen-bond donors (Lipinski definition) is 1. The van der Waals surface area contributed by atoms with Gasteiger partial charge in [0.1, 0.15) is 0 Å². The van der Waals surface area contributed by atoms with Gasteiger partial charge in [-0.25, -0.2) is 0 Å². The van der Waals surface area contributed by atoms with Gasteiger partial charge in [-0.3, -0.25) is 0 Å². The summed E-state index contributed by atoms with van der Waals surface area (Å²) in [6.45, 7) is 9.11. The lowest BCUT2D eigenvalue weighted by Gasteiger charge is -2.34. The first kappa shape index (κ1) is 10.7. The summed E-state index contributed by atoms with van der Waals surface area (Å²) in [5.41, 5.74) is 0. The van der Waals surface area contributed by atoms with Crippen LogP contribution in [0.5, 0.6) is 0 Å². The fraction of sp³-hybridized carbons (Fsp3) is 0.818. The quantitative estimate of drug-likeness (QED) is 0.529. The van der Waals surface area contributed by atoms with Crippen molar-refractivity contribution in [1.29, 1.82) is 0 Å². The summed E-state index contributed by atoms with van der Waals surface area (Å²) < 4.78 is 0. The molecule has 0 bridgehead atoms. The molecule has 76 valence electrons. The molecule has 1 fully saturated rings. The summed E-state index contributed by atoms with van der Waals surface area (Å²) in [5.74, 6) is 0.442. The van der Waals surface area contributed by atoms with Gasteiger partial charge in [0.2, 0.25) is 0 Å². The topological polar surface area (TPSA) is 23.5 Å². The normalized spacial score (nSPS) is 30.3. The predicted molar refractivity (Wildman–Crippen MR) is 55.7 cm³/mol. The van der Waals surface area contributed by atoms with E-state index in [4.69, 9.17) is 0 Å². The van der Waals surface area contributed by atoms with Gasteiger partial charge in [0, 0.05) is 13.1 Å². The van der Waals surface area contributed by atoms with Crippen molar-refractivity contribution in [2.75, 3.05) is 19.6 Å². The Morgan fingerprint density at radius 3 is 3.00 bits per heavy atom. The molecule has 1 aliphatic rings. The third kappa shape index (κ3) is 3.49. The van der Waals surface area contributed by atoms with Gasteiger partial charge in [0.05, 0.1) is 6.10 Å². The monoisotopic (exact) mass is 183 g/mol. The molecule has 0 aromatic rings. The van der Waals surface area contributed by atoms with Gasteiger partial charge < -0.3 is 10.0 Å². The van der Waals surface area contributed by atoms with E-state index in [1.165, 1.54) is 6.42 Å². The van der Waals surface area contributed by atoms with Crippen LogP contribution in [0.1, 0.15) is 26.2 Å². The molecule has 0 saturated carbocycles. The second-order valence-electron chi connectivity index (χ2n) is 4.06. The Kier molecular flexibility index (Phi) is 4.46. The van der Waals surface area contributed by atoms with E-state index in [9.17, 15) is 5.11 Å². The molecule has 1 rings (SSSR count). The maximum atomic E-state index is 9.52. The van der Waals surface area contributed by atoms with Gasteiger partial charge in [-0.05, 0) is 31.7 Å². The van der Waals surface area contributed by atoms with E-state index in [1.54, 1.807) is 0 Å². The molecule has 2 heteroatoms. The van der Waals surface area contributed by atoms with E-state index in [2.05, 4.69) is 18.4 Å². The van der Waals surface area contributed by atoms with E-state index in [0.717, 1.165) is 32.5 Å². The Morgan fingerprint density at radius 2 is 2.38 bits per heavy atom. The second-order valence-corrected chi connectivity index (χ2v) is 4.06. The van der Waals surface area contributed by atoms with E-state index in [0.29, 0.717) is 5.92 Å². The average Bonchev–Trinajstić information content (AvgIpc) is 2.12. The molecule has 0 spiro atoms. The van der Waals surface area contributed by atoms with Crippen molar-refractivity contribution in [3.05, 3.63) is 12.7 Å². The third-order valence-electron chi connectivity index (χ3n) is 2.83. The van der Waals surface area contributed by atoms with Crippen LogP contribution in [0.4, 0.5) is 0 Å². The number of likely N-dealkylation sites (tertiary alicyclic amines) is 1.